The van der Waals surface area contributed by atoms with Crippen molar-refractivity contribution in [2.45, 2.75) is 70.4 Å². The van der Waals surface area contributed by atoms with Gasteiger partial charge in [0.1, 0.15) is 0 Å². The van der Waals surface area contributed by atoms with Crippen LogP contribution in [0.1, 0.15) is 55.3 Å². The second kappa shape index (κ2) is 6.75. The van der Waals surface area contributed by atoms with Crippen LogP contribution in [0.4, 0.5) is 0 Å². The van der Waals surface area contributed by atoms with E-state index in [2.05, 4.69) is 40.7 Å². The van der Waals surface area contributed by atoms with Gasteiger partial charge in [-0.2, -0.15) is 0 Å². The van der Waals surface area contributed by atoms with Gasteiger partial charge in [0.05, 0.1) is 0 Å². The minimum Gasteiger partial charge on any atom is -0.360 e. The van der Waals surface area contributed by atoms with Crippen LogP contribution in [0.25, 0.3) is 10.9 Å². The fourth-order valence-corrected chi connectivity index (χ4v) is 4.66. The number of benzene rings is 1. The van der Waals surface area contributed by atoms with Crippen molar-refractivity contribution in [3.05, 3.63) is 35.0 Å². The lowest BCUT2D eigenvalue weighted by Crippen LogP contribution is -2.48. The Morgan fingerprint density at radius 2 is 1.88 bits per heavy atom. The second-order valence-corrected chi connectivity index (χ2v) is 7.93. The van der Waals surface area contributed by atoms with Crippen LogP contribution in [0.2, 0.25) is 0 Å². The molecule has 1 fully saturated rings. The molecule has 0 radical (unpaired) electrons. The molecule has 4 rings (SSSR count). The minimum absolute atomic E-state index is 0.440. The molecule has 2 aliphatic carbocycles. The lowest BCUT2D eigenvalue weighted by molar-refractivity contribution is 0.408. The fraction of sp³-hybridized carbons (Fsp3) is 0.550. The van der Waals surface area contributed by atoms with Crippen LogP contribution < -0.4 is 10.6 Å². The molecule has 0 spiro atoms. The molecule has 1 unspecified atom stereocenters. The van der Waals surface area contributed by atoms with Crippen LogP contribution >= 0.6 is 12.2 Å². The molecule has 2 aliphatic rings. The Hall–Kier alpha value is -1.55. The van der Waals surface area contributed by atoms with Gasteiger partial charge in [-0.3, -0.25) is 0 Å². The lowest BCUT2D eigenvalue weighted by Gasteiger charge is -2.28. The number of fused-ring (bicyclic) bond motifs is 3. The molecule has 24 heavy (non-hydrogen) atoms. The predicted molar refractivity (Wildman–Crippen MR) is 105 cm³/mol. The Bertz CT molecular complexity index is 743. The first kappa shape index (κ1) is 15.9. The third kappa shape index (κ3) is 3.30. The Morgan fingerprint density at radius 3 is 2.71 bits per heavy atom. The molecule has 0 saturated heterocycles. The van der Waals surface area contributed by atoms with Crippen molar-refractivity contribution in [1.82, 2.24) is 15.6 Å². The Labute approximate surface area is 149 Å². The van der Waals surface area contributed by atoms with Crippen LogP contribution in [-0.4, -0.2) is 22.2 Å². The minimum atomic E-state index is 0.440. The summed E-state index contributed by atoms with van der Waals surface area (Å²) >= 11 is 5.56. The average molecular weight is 342 g/mol. The molecule has 0 amide bonds. The topological polar surface area (TPSA) is 39.9 Å². The van der Waals surface area contributed by atoms with Gasteiger partial charge in [0.2, 0.25) is 0 Å². The number of aromatic nitrogens is 1. The van der Waals surface area contributed by atoms with E-state index >= 15 is 0 Å². The van der Waals surface area contributed by atoms with Crippen molar-refractivity contribution < 1.29 is 0 Å². The van der Waals surface area contributed by atoms with E-state index < -0.39 is 0 Å². The van der Waals surface area contributed by atoms with Gasteiger partial charge in [0.25, 0.3) is 0 Å². The number of aryl methyl sites for hydroxylation is 2. The van der Waals surface area contributed by atoms with Crippen molar-refractivity contribution in [2.24, 2.45) is 0 Å². The summed E-state index contributed by atoms with van der Waals surface area (Å²) in [6.07, 6.45) is 9.89. The third-order valence-corrected chi connectivity index (χ3v) is 5.85. The number of H-pyrrole nitrogens is 1. The molecule has 0 bridgehead atoms. The predicted octanol–water partition coefficient (Wildman–Crippen LogP) is 4.13. The van der Waals surface area contributed by atoms with E-state index in [1.54, 1.807) is 0 Å². The molecular formula is C20H27N3S. The third-order valence-electron chi connectivity index (χ3n) is 5.62. The molecule has 3 nitrogen and oxygen atoms in total. The quantitative estimate of drug-likeness (QED) is 0.719. The van der Waals surface area contributed by atoms with E-state index in [1.807, 2.05) is 0 Å². The van der Waals surface area contributed by atoms with Gasteiger partial charge in [0.15, 0.2) is 5.11 Å². The van der Waals surface area contributed by atoms with Crippen molar-refractivity contribution in [1.29, 1.82) is 0 Å². The maximum absolute atomic E-state index is 5.56. The molecule has 1 aromatic heterocycles. The van der Waals surface area contributed by atoms with Crippen LogP contribution in [0.3, 0.4) is 0 Å². The van der Waals surface area contributed by atoms with Gasteiger partial charge in [0, 0.05) is 35.1 Å². The highest BCUT2D eigenvalue weighted by molar-refractivity contribution is 7.80. The zero-order valence-corrected chi connectivity index (χ0v) is 15.3. The Morgan fingerprint density at radius 1 is 1.08 bits per heavy atom. The molecule has 0 aliphatic heterocycles. The zero-order valence-electron chi connectivity index (χ0n) is 14.5. The summed E-state index contributed by atoms with van der Waals surface area (Å²) < 4.78 is 0. The van der Waals surface area contributed by atoms with Gasteiger partial charge >= 0.3 is 0 Å². The molecule has 1 saturated carbocycles. The normalized spacial score (nSPS) is 21.5. The lowest BCUT2D eigenvalue weighted by atomic mass is 9.91. The molecule has 3 N–H and O–H groups in total. The van der Waals surface area contributed by atoms with Crippen LogP contribution in [-0.2, 0) is 12.8 Å². The number of thiocarbonyl (C=S) groups is 1. The van der Waals surface area contributed by atoms with Gasteiger partial charge in [-0.05, 0) is 62.5 Å². The molecule has 1 aromatic carbocycles. The van der Waals surface area contributed by atoms with Gasteiger partial charge < -0.3 is 15.6 Å². The van der Waals surface area contributed by atoms with E-state index in [1.165, 1.54) is 59.8 Å². The van der Waals surface area contributed by atoms with Crippen molar-refractivity contribution >= 4 is 28.2 Å². The zero-order chi connectivity index (χ0) is 16.5. The number of hydrogen-bond donors (Lipinski definition) is 3. The summed E-state index contributed by atoms with van der Waals surface area (Å²) in [6, 6.07) is 7.72. The van der Waals surface area contributed by atoms with Gasteiger partial charge in [-0.1, -0.05) is 30.9 Å². The Kier molecular flexibility index (Phi) is 4.49. The highest BCUT2D eigenvalue weighted by Crippen LogP contribution is 2.30. The summed E-state index contributed by atoms with van der Waals surface area (Å²) in [6.45, 7) is 2.17. The first-order valence-electron chi connectivity index (χ1n) is 9.36. The van der Waals surface area contributed by atoms with E-state index in [9.17, 15) is 0 Å². The molecule has 1 atom stereocenters. The van der Waals surface area contributed by atoms with E-state index in [0.29, 0.717) is 12.1 Å². The largest absolute Gasteiger partial charge is 0.360 e. The fourth-order valence-electron chi connectivity index (χ4n) is 4.33. The first-order valence-corrected chi connectivity index (χ1v) is 9.77. The van der Waals surface area contributed by atoms with E-state index in [0.717, 1.165) is 24.4 Å². The van der Waals surface area contributed by atoms with Gasteiger partial charge in [-0.25, -0.2) is 0 Å². The highest BCUT2D eigenvalue weighted by atomic mass is 32.1. The standard InChI is InChI=1S/C20H27N3S/c1-13-7-10-18-17(11-13)16-9-8-15(12-19(16)23-18)22-20(24)21-14-5-3-2-4-6-14/h7,10-11,14-15,23H,2-6,8-9,12H2,1H3,(H2,21,22,24). The van der Waals surface area contributed by atoms with E-state index in [-0.39, 0.29) is 0 Å². The van der Waals surface area contributed by atoms with Crippen molar-refractivity contribution in [3.8, 4) is 0 Å². The molecule has 1 heterocycles. The number of nitrogens with one attached hydrogen (secondary N) is 3. The van der Waals surface area contributed by atoms with Gasteiger partial charge in [-0.15, -0.1) is 0 Å². The van der Waals surface area contributed by atoms with Crippen molar-refractivity contribution in [3.63, 3.8) is 0 Å². The van der Waals surface area contributed by atoms with Crippen molar-refractivity contribution in [2.75, 3.05) is 0 Å². The first-order chi connectivity index (χ1) is 11.7. The van der Waals surface area contributed by atoms with Crippen LogP contribution in [0.15, 0.2) is 18.2 Å². The monoisotopic (exact) mass is 341 g/mol. The Balaban J connectivity index is 1.40. The smallest absolute Gasteiger partial charge is 0.166 e. The van der Waals surface area contributed by atoms with Crippen LogP contribution in [0.5, 0.6) is 0 Å². The van der Waals surface area contributed by atoms with Crippen LogP contribution in [0, 0.1) is 6.92 Å². The molecule has 128 valence electrons. The highest BCUT2D eigenvalue weighted by Gasteiger charge is 2.23. The summed E-state index contributed by atoms with van der Waals surface area (Å²) in [5, 5.41) is 9.36. The summed E-state index contributed by atoms with van der Waals surface area (Å²) in [5.74, 6) is 0. The number of aromatic amines is 1. The maximum Gasteiger partial charge on any atom is 0.166 e. The maximum atomic E-state index is 5.56. The summed E-state index contributed by atoms with van der Waals surface area (Å²) in [7, 11) is 0. The molecular weight excluding hydrogens is 314 g/mol. The molecule has 2 aromatic rings. The summed E-state index contributed by atoms with van der Waals surface area (Å²) in [5.41, 5.74) is 5.51. The summed E-state index contributed by atoms with van der Waals surface area (Å²) in [4.78, 5) is 3.62. The SMILES string of the molecule is Cc1ccc2[nH]c3c(c2c1)CCC(NC(=S)NC1CCCCC1)C3. The molecule has 4 heteroatoms. The average Bonchev–Trinajstić information content (AvgIpc) is 2.92. The number of rotatable bonds is 2. The second-order valence-electron chi connectivity index (χ2n) is 7.52. The number of hydrogen-bond acceptors (Lipinski definition) is 1. The van der Waals surface area contributed by atoms with E-state index in [4.69, 9.17) is 12.2 Å².